The average molecular weight is 365 g/mol. The Morgan fingerprint density at radius 2 is 2.00 bits per heavy atom. The molecule has 1 N–H and O–H groups in total. The molecule has 2 aliphatic heterocycles. The van der Waals surface area contributed by atoms with Gasteiger partial charge in [0.1, 0.15) is 0 Å². The van der Waals surface area contributed by atoms with Crippen LogP contribution in [-0.2, 0) is 24.2 Å². The predicted octanol–water partition coefficient (Wildman–Crippen LogP) is 3.18. The Hall–Kier alpha value is -2.37. The van der Waals surface area contributed by atoms with Gasteiger partial charge in [-0.15, -0.1) is 0 Å². The zero-order valence-electron chi connectivity index (χ0n) is 15.9. The molecule has 1 saturated heterocycles. The lowest BCUT2D eigenvalue weighted by Crippen LogP contribution is -2.40. The fourth-order valence-electron chi connectivity index (χ4n) is 3.95. The van der Waals surface area contributed by atoms with Crippen LogP contribution in [0.5, 0.6) is 0 Å². The highest BCUT2D eigenvalue weighted by Crippen LogP contribution is 2.27. The van der Waals surface area contributed by atoms with Crippen LogP contribution in [0.15, 0.2) is 48.5 Å². The summed E-state index contributed by atoms with van der Waals surface area (Å²) in [5.41, 5.74) is 4.69. The lowest BCUT2D eigenvalue weighted by Gasteiger charge is -2.31. The van der Waals surface area contributed by atoms with Gasteiger partial charge in [0, 0.05) is 38.4 Å². The molecule has 0 radical (unpaired) electrons. The predicted molar refractivity (Wildman–Crippen MR) is 107 cm³/mol. The van der Waals surface area contributed by atoms with E-state index in [-0.39, 0.29) is 6.03 Å². The minimum atomic E-state index is -0.0210. The van der Waals surface area contributed by atoms with Crippen molar-refractivity contribution in [3.63, 3.8) is 0 Å². The van der Waals surface area contributed by atoms with E-state index in [1.807, 2.05) is 23.1 Å². The number of anilines is 1. The molecule has 1 atom stereocenters. The molecule has 0 bridgehead atoms. The van der Waals surface area contributed by atoms with Crippen LogP contribution in [0.4, 0.5) is 10.5 Å². The van der Waals surface area contributed by atoms with Crippen LogP contribution in [-0.4, -0.2) is 43.3 Å². The number of amides is 2. The fraction of sp³-hybridized carbons (Fsp3) is 0.409. The molecule has 4 rings (SSSR count). The maximum Gasteiger partial charge on any atom is 0.322 e. The number of morpholine rings is 1. The van der Waals surface area contributed by atoms with E-state index < -0.39 is 0 Å². The zero-order chi connectivity index (χ0) is 18.6. The molecule has 0 spiro atoms. The van der Waals surface area contributed by atoms with E-state index in [2.05, 4.69) is 47.5 Å². The smallest absolute Gasteiger partial charge is 0.322 e. The summed E-state index contributed by atoms with van der Waals surface area (Å²) in [4.78, 5) is 16.9. The Bertz CT molecular complexity index is 808. The van der Waals surface area contributed by atoms with Crippen molar-refractivity contribution < 1.29 is 9.53 Å². The standard InChI is InChI=1S/C22H27N3O2/c1-17-15-24(11-12-27-17)16-19-6-4-5-18(13-19)14-23-22(26)25-10-9-20-7-2-3-8-21(20)25/h2-8,13,17H,9-12,14-16H2,1H3,(H,23,26). The Kier molecular flexibility index (Phi) is 5.41. The van der Waals surface area contributed by atoms with Gasteiger partial charge in [0.05, 0.1) is 12.7 Å². The minimum absolute atomic E-state index is 0.0210. The van der Waals surface area contributed by atoms with Gasteiger partial charge in [0.25, 0.3) is 0 Å². The zero-order valence-corrected chi connectivity index (χ0v) is 15.9. The molecular weight excluding hydrogens is 338 g/mol. The van der Waals surface area contributed by atoms with Crippen LogP contribution in [0.3, 0.4) is 0 Å². The lowest BCUT2D eigenvalue weighted by molar-refractivity contribution is -0.0212. The Morgan fingerprint density at radius 1 is 1.15 bits per heavy atom. The molecule has 0 saturated carbocycles. The van der Waals surface area contributed by atoms with Crippen molar-refractivity contribution in [1.82, 2.24) is 10.2 Å². The third-order valence-corrected chi connectivity index (χ3v) is 5.30. The van der Waals surface area contributed by atoms with Crippen molar-refractivity contribution in [2.45, 2.75) is 32.5 Å². The second-order valence-electron chi connectivity index (χ2n) is 7.43. The summed E-state index contributed by atoms with van der Waals surface area (Å²) >= 11 is 0. The van der Waals surface area contributed by atoms with Gasteiger partial charge >= 0.3 is 6.03 Å². The van der Waals surface area contributed by atoms with E-state index in [9.17, 15) is 4.79 Å². The van der Waals surface area contributed by atoms with Gasteiger partial charge in [0.15, 0.2) is 0 Å². The molecule has 2 aliphatic rings. The highest BCUT2D eigenvalue weighted by Gasteiger charge is 2.23. The molecule has 142 valence electrons. The van der Waals surface area contributed by atoms with Crippen LogP contribution in [0.25, 0.3) is 0 Å². The maximum absolute atomic E-state index is 12.6. The quantitative estimate of drug-likeness (QED) is 0.905. The summed E-state index contributed by atoms with van der Waals surface area (Å²) < 4.78 is 5.61. The molecular formula is C22H27N3O2. The van der Waals surface area contributed by atoms with Crippen molar-refractivity contribution in [2.24, 2.45) is 0 Å². The largest absolute Gasteiger partial charge is 0.376 e. The number of nitrogens with zero attached hydrogens (tertiary/aromatic N) is 2. The first-order valence-electron chi connectivity index (χ1n) is 9.74. The Labute approximate surface area is 160 Å². The topological polar surface area (TPSA) is 44.8 Å². The summed E-state index contributed by atoms with van der Waals surface area (Å²) in [5.74, 6) is 0. The van der Waals surface area contributed by atoms with Crippen LogP contribution >= 0.6 is 0 Å². The van der Waals surface area contributed by atoms with Crippen LogP contribution in [0, 0.1) is 0 Å². The Balaban J connectivity index is 1.34. The molecule has 2 amide bonds. The van der Waals surface area contributed by atoms with Gasteiger partial charge in [-0.05, 0) is 36.1 Å². The van der Waals surface area contributed by atoms with Crippen molar-refractivity contribution >= 4 is 11.7 Å². The van der Waals surface area contributed by atoms with Crippen molar-refractivity contribution in [3.8, 4) is 0 Å². The first-order valence-corrected chi connectivity index (χ1v) is 9.74. The summed E-state index contributed by atoms with van der Waals surface area (Å²) in [6.45, 7) is 7.08. The number of rotatable bonds is 4. The van der Waals surface area contributed by atoms with E-state index in [1.165, 1.54) is 11.1 Å². The third-order valence-electron chi connectivity index (χ3n) is 5.30. The number of nitrogens with one attached hydrogen (secondary N) is 1. The summed E-state index contributed by atoms with van der Waals surface area (Å²) in [7, 11) is 0. The molecule has 5 heteroatoms. The van der Waals surface area contributed by atoms with E-state index in [4.69, 9.17) is 4.74 Å². The number of hydrogen-bond acceptors (Lipinski definition) is 3. The van der Waals surface area contributed by atoms with Crippen molar-refractivity contribution in [1.29, 1.82) is 0 Å². The number of hydrogen-bond donors (Lipinski definition) is 1. The average Bonchev–Trinajstić information content (AvgIpc) is 3.11. The molecule has 5 nitrogen and oxygen atoms in total. The molecule has 2 heterocycles. The summed E-state index contributed by atoms with van der Waals surface area (Å²) in [5, 5.41) is 3.07. The van der Waals surface area contributed by atoms with Gasteiger partial charge in [-0.25, -0.2) is 4.79 Å². The van der Waals surface area contributed by atoms with Crippen LogP contribution in [0.2, 0.25) is 0 Å². The van der Waals surface area contributed by atoms with Crippen molar-refractivity contribution in [3.05, 3.63) is 65.2 Å². The number of fused-ring (bicyclic) bond motifs is 1. The monoisotopic (exact) mass is 365 g/mol. The molecule has 0 aliphatic carbocycles. The summed E-state index contributed by atoms with van der Waals surface area (Å²) in [6.07, 6.45) is 1.22. The molecule has 1 unspecified atom stereocenters. The Morgan fingerprint density at radius 3 is 2.89 bits per heavy atom. The second kappa shape index (κ2) is 8.11. The molecule has 2 aromatic carbocycles. The first kappa shape index (κ1) is 18.0. The van der Waals surface area contributed by atoms with E-state index in [1.54, 1.807) is 0 Å². The molecule has 1 fully saturated rings. The van der Waals surface area contributed by atoms with Crippen LogP contribution < -0.4 is 10.2 Å². The van der Waals surface area contributed by atoms with Gasteiger partial charge in [-0.3, -0.25) is 9.80 Å². The normalized spacial score (nSPS) is 19.7. The molecule has 0 aromatic heterocycles. The van der Waals surface area contributed by atoms with Gasteiger partial charge in [0.2, 0.25) is 0 Å². The van der Waals surface area contributed by atoms with E-state index in [0.717, 1.165) is 50.5 Å². The second-order valence-corrected chi connectivity index (χ2v) is 7.43. The van der Waals surface area contributed by atoms with Gasteiger partial charge < -0.3 is 10.1 Å². The number of benzene rings is 2. The minimum Gasteiger partial charge on any atom is -0.376 e. The van der Waals surface area contributed by atoms with Crippen LogP contribution in [0.1, 0.15) is 23.6 Å². The number of ether oxygens (including phenoxy) is 1. The number of urea groups is 1. The lowest BCUT2D eigenvalue weighted by atomic mass is 10.1. The van der Waals surface area contributed by atoms with Gasteiger partial charge in [-0.2, -0.15) is 0 Å². The first-order chi connectivity index (χ1) is 13.2. The maximum atomic E-state index is 12.6. The van der Waals surface area contributed by atoms with Gasteiger partial charge in [-0.1, -0.05) is 42.5 Å². The highest BCUT2D eigenvalue weighted by atomic mass is 16.5. The highest BCUT2D eigenvalue weighted by molar-refractivity contribution is 5.94. The van der Waals surface area contributed by atoms with E-state index in [0.29, 0.717) is 12.6 Å². The SMILES string of the molecule is CC1CN(Cc2cccc(CNC(=O)N3CCc4ccccc43)c2)CCO1. The van der Waals surface area contributed by atoms with E-state index >= 15 is 0 Å². The number of carbonyl (C=O) groups is 1. The summed E-state index contributed by atoms with van der Waals surface area (Å²) in [6, 6.07) is 16.6. The van der Waals surface area contributed by atoms with Crippen molar-refractivity contribution in [2.75, 3.05) is 31.1 Å². The number of carbonyl (C=O) groups excluding carboxylic acids is 1. The number of para-hydroxylation sites is 1. The molecule has 27 heavy (non-hydrogen) atoms. The molecule has 2 aromatic rings. The third kappa shape index (κ3) is 4.31. The fourth-order valence-corrected chi connectivity index (χ4v) is 3.95.